The SMILES string of the molecule is CNC(=O)[C@@H]1CCCN1CC(=O)Nc1ccc(OC)c(S(=O)(=O)N2CCCCC2)c1. The van der Waals surface area contributed by atoms with E-state index < -0.39 is 10.0 Å². The summed E-state index contributed by atoms with van der Waals surface area (Å²) in [5.74, 6) is -0.144. The van der Waals surface area contributed by atoms with E-state index in [9.17, 15) is 18.0 Å². The van der Waals surface area contributed by atoms with E-state index in [2.05, 4.69) is 10.6 Å². The van der Waals surface area contributed by atoms with Crippen molar-refractivity contribution in [1.29, 1.82) is 0 Å². The van der Waals surface area contributed by atoms with Gasteiger partial charge in [-0.15, -0.1) is 0 Å². The minimum absolute atomic E-state index is 0.0501. The Morgan fingerprint density at radius 2 is 1.87 bits per heavy atom. The molecule has 166 valence electrons. The van der Waals surface area contributed by atoms with E-state index in [1.165, 1.54) is 17.5 Å². The van der Waals surface area contributed by atoms with Gasteiger partial charge in [0.15, 0.2) is 0 Å². The van der Waals surface area contributed by atoms with Crippen molar-refractivity contribution in [1.82, 2.24) is 14.5 Å². The number of anilines is 1. The van der Waals surface area contributed by atoms with Crippen molar-refractivity contribution < 1.29 is 22.7 Å². The van der Waals surface area contributed by atoms with E-state index in [-0.39, 0.29) is 35.0 Å². The number of benzene rings is 1. The molecule has 3 rings (SSSR count). The lowest BCUT2D eigenvalue weighted by molar-refractivity contribution is -0.126. The molecule has 2 heterocycles. The van der Waals surface area contributed by atoms with Crippen molar-refractivity contribution in [3.63, 3.8) is 0 Å². The van der Waals surface area contributed by atoms with Crippen LogP contribution >= 0.6 is 0 Å². The Morgan fingerprint density at radius 1 is 1.13 bits per heavy atom. The highest BCUT2D eigenvalue weighted by Crippen LogP contribution is 2.31. The Kier molecular flexibility index (Phi) is 7.32. The summed E-state index contributed by atoms with van der Waals surface area (Å²) in [4.78, 5) is 26.4. The number of piperidine rings is 1. The lowest BCUT2D eigenvalue weighted by Crippen LogP contribution is -2.45. The van der Waals surface area contributed by atoms with Gasteiger partial charge >= 0.3 is 0 Å². The summed E-state index contributed by atoms with van der Waals surface area (Å²) in [7, 11) is -0.706. The quantitative estimate of drug-likeness (QED) is 0.658. The molecule has 30 heavy (non-hydrogen) atoms. The van der Waals surface area contributed by atoms with Crippen molar-refractivity contribution >= 4 is 27.5 Å². The first-order valence-electron chi connectivity index (χ1n) is 10.3. The zero-order valence-electron chi connectivity index (χ0n) is 17.5. The van der Waals surface area contributed by atoms with E-state index in [4.69, 9.17) is 4.74 Å². The Hall–Kier alpha value is -2.17. The molecule has 2 fully saturated rings. The van der Waals surface area contributed by atoms with Gasteiger partial charge in [0.2, 0.25) is 21.8 Å². The molecule has 0 aromatic heterocycles. The maximum absolute atomic E-state index is 13.1. The fourth-order valence-corrected chi connectivity index (χ4v) is 5.76. The molecule has 0 aliphatic carbocycles. The normalized spacial score (nSPS) is 20.7. The number of ether oxygens (including phenoxy) is 1. The molecule has 1 atom stereocenters. The van der Waals surface area contributed by atoms with Gasteiger partial charge in [-0.1, -0.05) is 6.42 Å². The minimum Gasteiger partial charge on any atom is -0.495 e. The largest absolute Gasteiger partial charge is 0.495 e. The number of amides is 2. The number of hydrogen-bond donors (Lipinski definition) is 2. The third-order valence-electron chi connectivity index (χ3n) is 5.64. The van der Waals surface area contributed by atoms with Crippen LogP contribution in [0.5, 0.6) is 5.75 Å². The summed E-state index contributed by atoms with van der Waals surface area (Å²) in [6.45, 7) is 1.71. The molecule has 0 spiro atoms. The van der Waals surface area contributed by atoms with E-state index in [1.807, 2.05) is 4.90 Å². The molecule has 1 aromatic carbocycles. The van der Waals surface area contributed by atoms with Gasteiger partial charge in [-0.05, 0) is 50.4 Å². The maximum atomic E-state index is 13.1. The lowest BCUT2D eigenvalue weighted by atomic mass is 10.2. The summed E-state index contributed by atoms with van der Waals surface area (Å²) in [5.41, 5.74) is 0.382. The molecule has 2 amide bonds. The van der Waals surface area contributed by atoms with Gasteiger partial charge in [0.25, 0.3) is 0 Å². The second-order valence-electron chi connectivity index (χ2n) is 7.62. The van der Waals surface area contributed by atoms with Gasteiger partial charge in [-0.3, -0.25) is 14.5 Å². The van der Waals surface area contributed by atoms with Crippen LogP contribution in [0.3, 0.4) is 0 Å². The number of nitrogens with one attached hydrogen (secondary N) is 2. The predicted octanol–water partition coefficient (Wildman–Crippen LogP) is 1.02. The Labute approximate surface area is 177 Å². The number of likely N-dealkylation sites (N-methyl/N-ethyl adjacent to an activating group) is 1. The fraction of sp³-hybridized carbons (Fsp3) is 0.600. The molecule has 0 bridgehead atoms. The fourth-order valence-electron chi connectivity index (χ4n) is 4.06. The topological polar surface area (TPSA) is 108 Å². The number of carbonyl (C=O) groups is 2. The van der Waals surface area contributed by atoms with Crippen LogP contribution in [-0.4, -0.2) is 75.8 Å². The first-order valence-corrected chi connectivity index (χ1v) is 11.7. The highest BCUT2D eigenvalue weighted by molar-refractivity contribution is 7.89. The van der Waals surface area contributed by atoms with Gasteiger partial charge in [0.05, 0.1) is 19.7 Å². The molecule has 10 heteroatoms. The number of methoxy groups -OCH3 is 1. The van der Waals surface area contributed by atoms with Crippen LogP contribution in [-0.2, 0) is 19.6 Å². The first-order chi connectivity index (χ1) is 14.4. The summed E-state index contributed by atoms with van der Waals surface area (Å²) in [6, 6.07) is 4.30. The van der Waals surface area contributed by atoms with E-state index in [1.54, 1.807) is 19.2 Å². The number of hydrogen-bond acceptors (Lipinski definition) is 6. The maximum Gasteiger partial charge on any atom is 0.246 e. The predicted molar refractivity (Wildman–Crippen MR) is 113 cm³/mol. The molecular formula is C20H30N4O5S. The van der Waals surface area contributed by atoms with Crippen LogP contribution in [0.15, 0.2) is 23.1 Å². The number of likely N-dealkylation sites (tertiary alicyclic amines) is 1. The minimum atomic E-state index is -3.72. The van der Waals surface area contributed by atoms with Gasteiger partial charge in [-0.2, -0.15) is 4.31 Å². The summed E-state index contributed by atoms with van der Waals surface area (Å²) >= 11 is 0. The molecule has 0 unspecified atom stereocenters. The standard InChI is InChI=1S/C20H30N4O5S/c1-21-20(26)16-7-6-10-23(16)14-19(25)22-15-8-9-17(29-2)18(13-15)30(27,28)24-11-4-3-5-12-24/h8-9,13,16H,3-7,10-12,14H2,1-2H3,(H,21,26)(H,22,25)/t16-/m0/s1. The number of nitrogens with zero attached hydrogens (tertiary/aromatic N) is 2. The van der Waals surface area contributed by atoms with Gasteiger partial charge in [-0.25, -0.2) is 8.42 Å². The highest BCUT2D eigenvalue weighted by atomic mass is 32.2. The second kappa shape index (κ2) is 9.76. The number of rotatable bonds is 7. The van der Waals surface area contributed by atoms with E-state index in [0.717, 1.165) is 25.7 Å². The van der Waals surface area contributed by atoms with Crippen LogP contribution < -0.4 is 15.4 Å². The Balaban J connectivity index is 1.74. The lowest BCUT2D eigenvalue weighted by Gasteiger charge is -2.27. The second-order valence-corrected chi connectivity index (χ2v) is 9.53. The number of carbonyl (C=O) groups excluding carboxylic acids is 2. The van der Waals surface area contributed by atoms with Gasteiger partial charge in [0.1, 0.15) is 10.6 Å². The summed E-state index contributed by atoms with van der Waals surface area (Å²) in [6.07, 6.45) is 4.26. The van der Waals surface area contributed by atoms with E-state index in [0.29, 0.717) is 31.7 Å². The third-order valence-corrected chi connectivity index (χ3v) is 7.56. The average molecular weight is 439 g/mol. The molecule has 2 aliphatic heterocycles. The highest BCUT2D eigenvalue weighted by Gasteiger charge is 2.32. The summed E-state index contributed by atoms with van der Waals surface area (Å²) < 4.78 is 33.0. The molecule has 0 radical (unpaired) electrons. The monoisotopic (exact) mass is 438 g/mol. The van der Waals surface area contributed by atoms with Gasteiger partial charge in [0, 0.05) is 25.8 Å². The van der Waals surface area contributed by atoms with Gasteiger partial charge < -0.3 is 15.4 Å². The number of sulfonamides is 1. The van der Waals surface area contributed by atoms with Crippen molar-refractivity contribution in [2.24, 2.45) is 0 Å². The Bertz CT molecular complexity index is 883. The van der Waals surface area contributed by atoms with Crippen LogP contribution in [0.25, 0.3) is 0 Å². The van der Waals surface area contributed by atoms with Crippen molar-refractivity contribution in [3.05, 3.63) is 18.2 Å². The zero-order chi connectivity index (χ0) is 21.7. The summed E-state index contributed by atoms with van der Waals surface area (Å²) in [5, 5.41) is 5.39. The molecule has 2 saturated heterocycles. The van der Waals surface area contributed by atoms with E-state index >= 15 is 0 Å². The van der Waals surface area contributed by atoms with Crippen molar-refractivity contribution in [2.75, 3.05) is 45.7 Å². The average Bonchev–Trinajstić information content (AvgIpc) is 3.21. The first kappa shape index (κ1) is 22.5. The van der Waals surface area contributed by atoms with Crippen LogP contribution in [0.1, 0.15) is 32.1 Å². The van der Waals surface area contributed by atoms with Crippen molar-refractivity contribution in [3.8, 4) is 5.75 Å². The van der Waals surface area contributed by atoms with Crippen LogP contribution in [0.2, 0.25) is 0 Å². The molecule has 9 nitrogen and oxygen atoms in total. The van der Waals surface area contributed by atoms with Crippen LogP contribution in [0, 0.1) is 0 Å². The Morgan fingerprint density at radius 3 is 2.53 bits per heavy atom. The molecule has 1 aromatic rings. The zero-order valence-corrected chi connectivity index (χ0v) is 18.3. The third kappa shape index (κ3) is 4.93. The molecular weight excluding hydrogens is 408 g/mol. The smallest absolute Gasteiger partial charge is 0.246 e. The van der Waals surface area contributed by atoms with Crippen molar-refractivity contribution in [2.45, 2.75) is 43.0 Å². The molecule has 2 aliphatic rings. The van der Waals surface area contributed by atoms with Crippen LogP contribution in [0.4, 0.5) is 5.69 Å². The molecule has 0 saturated carbocycles. The molecule has 2 N–H and O–H groups in total.